The fraction of sp³-hybridized carbons (Fsp3) is 0.438. The number of halogens is 1. The van der Waals surface area contributed by atoms with Gasteiger partial charge in [-0.15, -0.1) is 0 Å². The summed E-state index contributed by atoms with van der Waals surface area (Å²) in [6.45, 7) is 4.45. The van der Waals surface area contributed by atoms with Gasteiger partial charge in [0.15, 0.2) is 18.1 Å². The van der Waals surface area contributed by atoms with Crippen LogP contribution in [0.4, 0.5) is 4.79 Å². The molecule has 0 heterocycles. The molecular weight excluding hydrogens is 394 g/mol. The van der Waals surface area contributed by atoms with E-state index in [0.29, 0.717) is 28.1 Å². The van der Waals surface area contributed by atoms with E-state index in [2.05, 4.69) is 26.6 Å². The monoisotopic (exact) mass is 413 g/mol. The van der Waals surface area contributed by atoms with E-state index in [1.807, 2.05) is 6.07 Å². The van der Waals surface area contributed by atoms with E-state index in [4.69, 9.17) is 19.5 Å². The van der Waals surface area contributed by atoms with Crippen molar-refractivity contribution >= 4 is 27.9 Å². The highest BCUT2D eigenvalue weighted by Gasteiger charge is 2.14. The molecule has 0 aromatic heterocycles. The minimum Gasteiger partial charge on any atom is -0.490 e. The van der Waals surface area contributed by atoms with Gasteiger partial charge in [-0.25, -0.2) is 4.79 Å². The van der Waals surface area contributed by atoms with E-state index in [1.165, 1.54) is 0 Å². The number of nitriles is 1. The zero-order valence-electron chi connectivity index (χ0n) is 14.1. The molecule has 25 heavy (non-hydrogen) atoms. The maximum absolute atomic E-state index is 11.8. The number of nitrogens with one attached hydrogen (secondary N) is 2. The van der Waals surface area contributed by atoms with Crippen molar-refractivity contribution in [2.75, 3.05) is 32.9 Å². The molecule has 136 valence electrons. The summed E-state index contributed by atoms with van der Waals surface area (Å²) in [4.78, 5) is 22.9. The minimum atomic E-state index is -0.532. The van der Waals surface area contributed by atoms with Gasteiger partial charge in [0, 0.05) is 19.2 Å². The normalized spacial score (nSPS) is 9.68. The molecule has 0 aliphatic heterocycles. The number of amides is 2. The highest BCUT2D eigenvalue weighted by atomic mass is 79.9. The standard InChI is InChI=1S/C16H20BrN3O5/c1-3-23-13-8-11(9-18)7-12(17)15(13)25-10-14(21)19-5-6-20-16(22)24-4-2/h7-8H,3-6,10H2,1-2H3,(H,19,21)(H,20,22). The number of ether oxygens (including phenoxy) is 3. The van der Waals surface area contributed by atoms with Crippen LogP contribution in [0.1, 0.15) is 19.4 Å². The summed E-state index contributed by atoms with van der Waals surface area (Å²) < 4.78 is 16.1. The lowest BCUT2D eigenvalue weighted by Crippen LogP contribution is -2.37. The Kier molecular flexibility index (Phi) is 9.17. The first-order valence-corrected chi connectivity index (χ1v) is 8.47. The predicted molar refractivity (Wildman–Crippen MR) is 93.6 cm³/mol. The predicted octanol–water partition coefficient (Wildman–Crippen LogP) is 1.96. The molecular formula is C16H20BrN3O5. The van der Waals surface area contributed by atoms with Gasteiger partial charge in [0.2, 0.25) is 0 Å². The first kappa shape index (κ1) is 20.6. The van der Waals surface area contributed by atoms with Crippen molar-refractivity contribution in [1.29, 1.82) is 5.26 Å². The van der Waals surface area contributed by atoms with E-state index in [9.17, 15) is 9.59 Å². The van der Waals surface area contributed by atoms with Crippen LogP contribution < -0.4 is 20.1 Å². The summed E-state index contributed by atoms with van der Waals surface area (Å²) in [5.41, 5.74) is 0.414. The summed E-state index contributed by atoms with van der Waals surface area (Å²) in [5, 5.41) is 14.1. The molecule has 0 spiro atoms. The molecule has 2 amide bonds. The van der Waals surface area contributed by atoms with Crippen LogP contribution in [0.15, 0.2) is 16.6 Å². The Labute approximate surface area is 154 Å². The SMILES string of the molecule is CCOC(=O)NCCNC(=O)COc1c(Br)cc(C#N)cc1OCC. The first-order chi connectivity index (χ1) is 12.0. The van der Waals surface area contributed by atoms with Crippen molar-refractivity contribution in [2.24, 2.45) is 0 Å². The van der Waals surface area contributed by atoms with Crippen LogP contribution >= 0.6 is 15.9 Å². The van der Waals surface area contributed by atoms with Crippen molar-refractivity contribution < 1.29 is 23.8 Å². The second-order valence-corrected chi connectivity index (χ2v) is 5.47. The molecule has 1 aromatic rings. The number of hydrogen-bond donors (Lipinski definition) is 2. The summed E-state index contributed by atoms with van der Waals surface area (Å²) in [6, 6.07) is 5.15. The van der Waals surface area contributed by atoms with Crippen molar-refractivity contribution in [2.45, 2.75) is 13.8 Å². The third-order valence-corrected chi connectivity index (χ3v) is 3.37. The Morgan fingerprint density at radius 1 is 1.16 bits per heavy atom. The van der Waals surface area contributed by atoms with Crippen molar-refractivity contribution in [3.8, 4) is 17.6 Å². The summed E-state index contributed by atoms with van der Waals surface area (Å²) >= 11 is 3.30. The lowest BCUT2D eigenvalue weighted by atomic mass is 10.2. The van der Waals surface area contributed by atoms with E-state index < -0.39 is 6.09 Å². The van der Waals surface area contributed by atoms with Crippen LogP contribution in [0, 0.1) is 11.3 Å². The Bertz CT molecular complexity index is 645. The maximum atomic E-state index is 11.8. The van der Waals surface area contributed by atoms with Crippen molar-refractivity contribution in [3.63, 3.8) is 0 Å². The molecule has 0 unspecified atom stereocenters. The van der Waals surface area contributed by atoms with Crippen LogP contribution in [-0.4, -0.2) is 44.9 Å². The fourth-order valence-corrected chi connectivity index (χ4v) is 2.33. The van der Waals surface area contributed by atoms with E-state index in [0.717, 1.165) is 0 Å². The Hall–Kier alpha value is -2.47. The van der Waals surface area contributed by atoms with E-state index in [-0.39, 0.29) is 32.2 Å². The quantitative estimate of drug-likeness (QED) is 0.598. The number of carbonyl (C=O) groups excluding carboxylic acids is 2. The number of benzene rings is 1. The average Bonchev–Trinajstić information content (AvgIpc) is 2.58. The van der Waals surface area contributed by atoms with Gasteiger partial charge in [0.25, 0.3) is 5.91 Å². The van der Waals surface area contributed by atoms with Gasteiger partial charge < -0.3 is 24.8 Å². The van der Waals surface area contributed by atoms with Crippen LogP contribution in [0.25, 0.3) is 0 Å². The topological polar surface area (TPSA) is 110 Å². The van der Waals surface area contributed by atoms with Crippen LogP contribution in [-0.2, 0) is 9.53 Å². The summed E-state index contributed by atoms with van der Waals surface area (Å²) in [6.07, 6.45) is -0.532. The van der Waals surface area contributed by atoms with Crippen molar-refractivity contribution in [3.05, 3.63) is 22.2 Å². The molecule has 0 aliphatic carbocycles. The molecule has 8 nitrogen and oxygen atoms in total. The third-order valence-electron chi connectivity index (χ3n) is 2.78. The molecule has 0 radical (unpaired) electrons. The Morgan fingerprint density at radius 2 is 1.88 bits per heavy atom. The average molecular weight is 414 g/mol. The smallest absolute Gasteiger partial charge is 0.407 e. The number of rotatable bonds is 9. The molecule has 0 atom stereocenters. The maximum Gasteiger partial charge on any atom is 0.407 e. The lowest BCUT2D eigenvalue weighted by Gasteiger charge is -2.14. The molecule has 1 aromatic carbocycles. The number of nitrogens with zero attached hydrogens (tertiary/aromatic N) is 1. The van der Waals surface area contributed by atoms with Crippen LogP contribution in [0.5, 0.6) is 11.5 Å². The largest absolute Gasteiger partial charge is 0.490 e. The highest BCUT2D eigenvalue weighted by molar-refractivity contribution is 9.10. The molecule has 2 N–H and O–H groups in total. The molecule has 1 rings (SSSR count). The summed E-state index contributed by atoms with van der Waals surface area (Å²) in [7, 11) is 0. The number of hydrogen-bond acceptors (Lipinski definition) is 6. The van der Waals surface area contributed by atoms with Gasteiger partial charge in [-0.3, -0.25) is 4.79 Å². The highest BCUT2D eigenvalue weighted by Crippen LogP contribution is 2.36. The number of alkyl carbamates (subject to hydrolysis) is 1. The van der Waals surface area contributed by atoms with E-state index in [1.54, 1.807) is 26.0 Å². The second kappa shape index (κ2) is 11.1. The zero-order chi connectivity index (χ0) is 18.7. The van der Waals surface area contributed by atoms with Crippen LogP contribution in [0.2, 0.25) is 0 Å². The Morgan fingerprint density at radius 3 is 2.52 bits per heavy atom. The first-order valence-electron chi connectivity index (χ1n) is 7.68. The molecule has 9 heteroatoms. The third kappa shape index (κ3) is 7.30. The molecule has 0 bridgehead atoms. The molecule has 0 fully saturated rings. The van der Waals surface area contributed by atoms with Crippen LogP contribution in [0.3, 0.4) is 0 Å². The van der Waals surface area contributed by atoms with Gasteiger partial charge in [-0.05, 0) is 35.8 Å². The summed E-state index contributed by atoms with van der Waals surface area (Å²) in [5.74, 6) is 0.371. The lowest BCUT2D eigenvalue weighted by molar-refractivity contribution is -0.123. The second-order valence-electron chi connectivity index (χ2n) is 4.62. The zero-order valence-corrected chi connectivity index (χ0v) is 15.6. The Balaban J connectivity index is 2.50. The van der Waals surface area contributed by atoms with Gasteiger partial charge in [-0.2, -0.15) is 5.26 Å². The molecule has 0 saturated heterocycles. The van der Waals surface area contributed by atoms with Gasteiger partial charge in [-0.1, -0.05) is 0 Å². The van der Waals surface area contributed by atoms with Gasteiger partial charge in [0.05, 0.1) is 29.3 Å². The minimum absolute atomic E-state index is 0.232. The number of carbonyl (C=O) groups is 2. The molecule has 0 saturated carbocycles. The van der Waals surface area contributed by atoms with Gasteiger partial charge in [0.1, 0.15) is 0 Å². The fourth-order valence-electron chi connectivity index (χ4n) is 1.77. The van der Waals surface area contributed by atoms with E-state index >= 15 is 0 Å². The molecule has 0 aliphatic rings. The van der Waals surface area contributed by atoms with Gasteiger partial charge >= 0.3 is 6.09 Å². The van der Waals surface area contributed by atoms with Crippen molar-refractivity contribution in [1.82, 2.24) is 10.6 Å².